The first-order valence-electron chi connectivity index (χ1n) is 15.0. The van der Waals surface area contributed by atoms with E-state index in [-0.39, 0.29) is 5.82 Å². The van der Waals surface area contributed by atoms with Crippen LogP contribution in [-0.2, 0) is 6.42 Å². The highest BCUT2D eigenvalue weighted by Crippen LogP contribution is 2.36. The number of hydrogen-bond donors (Lipinski definition) is 0. The summed E-state index contributed by atoms with van der Waals surface area (Å²) in [6.45, 7) is 30.2. The van der Waals surface area contributed by atoms with Crippen LogP contribution in [0.5, 0.6) is 0 Å². The summed E-state index contributed by atoms with van der Waals surface area (Å²) >= 11 is 0. The Morgan fingerprint density at radius 1 is 1.17 bits per heavy atom. The van der Waals surface area contributed by atoms with E-state index in [0.29, 0.717) is 24.7 Å². The number of aryl methyl sites for hydroxylation is 1. The minimum Gasteiger partial charge on any atom is -0.303 e. The van der Waals surface area contributed by atoms with Gasteiger partial charge in [0, 0.05) is 17.8 Å². The average Bonchev–Trinajstić information content (AvgIpc) is 3.32. The molecule has 1 aliphatic rings. The maximum absolute atomic E-state index is 15.1. The number of benzene rings is 1. The maximum atomic E-state index is 15.1. The molecule has 0 saturated carbocycles. The highest BCUT2D eigenvalue weighted by molar-refractivity contribution is 5.78. The summed E-state index contributed by atoms with van der Waals surface area (Å²) < 4.78 is 26.3. The van der Waals surface area contributed by atoms with Crippen LogP contribution in [0.1, 0.15) is 83.3 Å². The molecule has 1 aromatic heterocycles. The van der Waals surface area contributed by atoms with E-state index in [1.165, 1.54) is 5.57 Å². The second kappa shape index (κ2) is 18.4. The summed E-state index contributed by atoms with van der Waals surface area (Å²) in [7, 11) is 0.500. The van der Waals surface area contributed by atoms with Crippen LogP contribution < -0.4 is 0 Å². The molecule has 0 bridgehead atoms. The Morgan fingerprint density at radius 3 is 2.32 bits per heavy atom. The first-order chi connectivity index (χ1) is 19.7. The summed E-state index contributed by atoms with van der Waals surface area (Å²) in [5, 5.41) is 4.92. The molecular formula is C36H53F2N3. The number of likely N-dealkylation sites (tertiary alicyclic amines) is 1. The average molecular weight is 566 g/mol. The van der Waals surface area contributed by atoms with Crippen molar-refractivity contribution in [2.24, 2.45) is 11.8 Å². The van der Waals surface area contributed by atoms with E-state index in [0.717, 1.165) is 79.0 Å². The van der Waals surface area contributed by atoms with Gasteiger partial charge in [-0.3, -0.25) is 4.39 Å². The summed E-state index contributed by atoms with van der Waals surface area (Å²) in [5.74, 6) is 0.536. The monoisotopic (exact) mass is 565 g/mol. The molecule has 1 atom stereocenters. The molecule has 1 aromatic carbocycles. The lowest BCUT2D eigenvalue weighted by Gasteiger charge is -2.34. The van der Waals surface area contributed by atoms with Crippen LogP contribution in [-0.4, -0.2) is 41.5 Å². The van der Waals surface area contributed by atoms with E-state index in [2.05, 4.69) is 50.6 Å². The Hall–Kier alpha value is -3.05. The molecule has 2 heterocycles. The number of piperidine rings is 1. The molecule has 3 rings (SSSR count). The Balaban J connectivity index is 0.00000201. The van der Waals surface area contributed by atoms with Crippen molar-refractivity contribution in [3.8, 4) is 5.69 Å². The largest absolute Gasteiger partial charge is 0.303 e. The lowest BCUT2D eigenvalue weighted by Crippen LogP contribution is -2.37. The quantitative estimate of drug-likeness (QED) is 0.253. The van der Waals surface area contributed by atoms with Gasteiger partial charge in [0.05, 0.1) is 12.9 Å². The highest BCUT2D eigenvalue weighted by atomic mass is 19.1. The van der Waals surface area contributed by atoms with Crippen LogP contribution in [0, 0.1) is 24.6 Å². The lowest BCUT2D eigenvalue weighted by molar-refractivity contribution is 0.191. The van der Waals surface area contributed by atoms with Crippen molar-refractivity contribution in [2.75, 3.05) is 26.8 Å². The number of rotatable bonds is 11. The van der Waals surface area contributed by atoms with Gasteiger partial charge >= 0.3 is 0 Å². The molecule has 226 valence electrons. The van der Waals surface area contributed by atoms with Crippen LogP contribution in [0.3, 0.4) is 0 Å². The van der Waals surface area contributed by atoms with Gasteiger partial charge in [0.2, 0.25) is 0 Å². The van der Waals surface area contributed by atoms with Crippen molar-refractivity contribution < 1.29 is 8.78 Å². The molecule has 1 saturated heterocycles. The zero-order chi connectivity index (χ0) is 31.1. The summed E-state index contributed by atoms with van der Waals surface area (Å²) in [6, 6.07) is 5.48. The number of halogens is 2. The number of aromatic nitrogens is 2. The second-order valence-electron chi connectivity index (χ2n) is 10.4. The summed E-state index contributed by atoms with van der Waals surface area (Å²) in [5.41, 5.74) is 7.48. The van der Waals surface area contributed by atoms with Crippen molar-refractivity contribution in [2.45, 2.75) is 74.1 Å². The van der Waals surface area contributed by atoms with Crippen LogP contribution in [0.4, 0.5) is 8.78 Å². The van der Waals surface area contributed by atoms with Gasteiger partial charge in [-0.15, -0.1) is 0 Å². The molecule has 0 amide bonds. The maximum Gasteiger partial charge on any atom is 0.149 e. The van der Waals surface area contributed by atoms with Gasteiger partial charge in [0.25, 0.3) is 0 Å². The first-order valence-corrected chi connectivity index (χ1v) is 15.0. The number of nitrogens with zero attached hydrogens (tertiary/aromatic N) is 3. The van der Waals surface area contributed by atoms with E-state index >= 15 is 4.39 Å². The molecule has 3 nitrogen and oxygen atoms in total. The third kappa shape index (κ3) is 9.49. The molecule has 0 aliphatic carbocycles. The van der Waals surface area contributed by atoms with Crippen molar-refractivity contribution >= 4 is 11.1 Å². The fraction of sp³-hybridized carbons (Fsp3) is 0.472. The van der Waals surface area contributed by atoms with Gasteiger partial charge in [-0.25, -0.2) is 9.07 Å². The van der Waals surface area contributed by atoms with E-state index in [9.17, 15) is 4.39 Å². The molecule has 41 heavy (non-hydrogen) atoms. The molecule has 2 aromatic rings. The molecule has 1 unspecified atom stereocenters. The molecule has 0 radical (unpaired) electrons. The zero-order valence-electron chi connectivity index (χ0n) is 26.9. The van der Waals surface area contributed by atoms with E-state index in [1.807, 2.05) is 58.9 Å². The second-order valence-corrected chi connectivity index (χ2v) is 10.4. The molecule has 5 heteroatoms. The van der Waals surface area contributed by atoms with E-state index in [4.69, 9.17) is 5.10 Å². The molecule has 0 spiro atoms. The summed E-state index contributed by atoms with van der Waals surface area (Å²) in [6.07, 6.45) is 12.2. The van der Waals surface area contributed by atoms with Gasteiger partial charge in [0.15, 0.2) is 0 Å². The Kier molecular flexibility index (Phi) is 16.1. The molecular weight excluding hydrogens is 512 g/mol. The normalized spacial score (nSPS) is 15.0. The lowest BCUT2D eigenvalue weighted by atomic mass is 9.85. The number of hydrogen-bond acceptors (Lipinski definition) is 2. The van der Waals surface area contributed by atoms with Crippen molar-refractivity contribution in [1.82, 2.24) is 14.7 Å². The van der Waals surface area contributed by atoms with Crippen molar-refractivity contribution in [3.05, 3.63) is 96.1 Å². The molecule has 1 fully saturated rings. The SMILES string of the molecule is C=C/C(=C\C=C/C)C(C)CN1CCC(C(=C)c2nn(-c3ccc(CCC)cc3F)c(C)c2C(=C)C)CC1.CC.CF. The molecule has 0 N–H and O–H groups in total. The zero-order valence-corrected chi connectivity index (χ0v) is 26.9. The van der Waals surface area contributed by atoms with Gasteiger partial charge in [-0.05, 0) is 99.4 Å². The van der Waals surface area contributed by atoms with Crippen LogP contribution >= 0.6 is 0 Å². The van der Waals surface area contributed by atoms with Crippen molar-refractivity contribution in [3.63, 3.8) is 0 Å². The Bertz CT molecular complexity index is 1190. The van der Waals surface area contributed by atoms with Crippen LogP contribution in [0.15, 0.2) is 67.8 Å². The topological polar surface area (TPSA) is 21.1 Å². The standard InChI is InChI=1S/C33H44FN3.C2H6.CH3F/c1-9-12-14-28(11-3)24(6)22-36-19-17-29(18-20-36)25(7)33-32(23(4)5)26(8)37(35-33)31-16-15-27(13-10-2)21-30(31)34;2*1-2/h9,11-12,14-16,21,24,29H,3-4,7,10,13,17-20,22H2,1-2,5-6,8H3;1-2H3;1H3/b12-9-,28-14+;;. The third-order valence-electron chi connectivity index (χ3n) is 7.52. The fourth-order valence-corrected chi connectivity index (χ4v) is 5.43. The molecule has 1 aliphatic heterocycles. The Morgan fingerprint density at radius 2 is 1.80 bits per heavy atom. The van der Waals surface area contributed by atoms with E-state index < -0.39 is 0 Å². The van der Waals surface area contributed by atoms with Crippen LogP contribution in [0.25, 0.3) is 16.8 Å². The predicted octanol–water partition coefficient (Wildman–Crippen LogP) is 9.97. The van der Waals surface area contributed by atoms with Gasteiger partial charge in [-0.2, -0.15) is 5.10 Å². The first kappa shape index (κ1) is 36.0. The highest BCUT2D eigenvalue weighted by Gasteiger charge is 2.28. The van der Waals surface area contributed by atoms with Crippen molar-refractivity contribution in [1.29, 1.82) is 0 Å². The Labute approximate surface area is 249 Å². The summed E-state index contributed by atoms with van der Waals surface area (Å²) in [4.78, 5) is 2.54. The number of alkyl halides is 1. The minimum atomic E-state index is -0.244. The fourth-order valence-electron chi connectivity index (χ4n) is 5.43. The van der Waals surface area contributed by atoms with E-state index in [1.54, 1.807) is 10.7 Å². The van der Waals surface area contributed by atoms with Gasteiger partial charge in [0.1, 0.15) is 11.5 Å². The third-order valence-corrected chi connectivity index (χ3v) is 7.52. The van der Waals surface area contributed by atoms with Crippen LogP contribution in [0.2, 0.25) is 0 Å². The number of allylic oxidation sites excluding steroid dienone is 6. The smallest absolute Gasteiger partial charge is 0.149 e. The minimum absolute atomic E-state index is 0.244. The van der Waals surface area contributed by atoms with Gasteiger partial charge in [-0.1, -0.05) is 84.2 Å². The van der Waals surface area contributed by atoms with Gasteiger partial charge < -0.3 is 4.90 Å². The predicted molar refractivity (Wildman–Crippen MR) is 176 cm³/mol.